The van der Waals surface area contributed by atoms with Gasteiger partial charge in [0.25, 0.3) is 5.91 Å². The number of rotatable bonds is 3. The highest BCUT2D eigenvalue weighted by atomic mass is 79.9. The molecular weight excluding hydrogens is 320 g/mol. The van der Waals surface area contributed by atoms with Gasteiger partial charge in [-0.15, -0.1) is 0 Å². The predicted molar refractivity (Wildman–Crippen MR) is 80.7 cm³/mol. The molecule has 2 bridgehead atoms. The highest BCUT2D eigenvalue weighted by Gasteiger charge is 2.39. The van der Waals surface area contributed by atoms with Crippen LogP contribution in [-0.4, -0.2) is 45.8 Å². The Hall–Kier alpha value is -0.880. The quantitative estimate of drug-likeness (QED) is 0.915. The van der Waals surface area contributed by atoms with E-state index in [1.54, 1.807) is 10.9 Å². The number of fused-ring (bicyclic) bond motifs is 2. The van der Waals surface area contributed by atoms with E-state index in [4.69, 9.17) is 0 Å². The number of aryl methyl sites for hydroxylation is 1. The van der Waals surface area contributed by atoms with Gasteiger partial charge in [-0.3, -0.25) is 9.48 Å². The zero-order valence-electron chi connectivity index (χ0n) is 12.0. The molecule has 2 atom stereocenters. The average Bonchev–Trinajstić information content (AvgIpc) is 2.87. The summed E-state index contributed by atoms with van der Waals surface area (Å²) in [5.74, 6) is -0.00909. The van der Waals surface area contributed by atoms with Crippen molar-refractivity contribution in [3.63, 3.8) is 0 Å². The zero-order valence-corrected chi connectivity index (χ0v) is 13.6. The monoisotopic (exact) mass is 340 g/mol. The van der Waals surface area contributed by atoms with E-state index >= 15 is 0 Å². The standard InChI is InChI=1S/C14H21BrN4O/c1-3-19-13(12(15)8-16-19)14(20)17-9-6-10-4-5-11(7-9)18(10)2/h8-11H,3-7H2,1-2H3,(H,17,20). The van der Waals surface area contributed by atoms with Gasteiger partial charge in [0.05, 0.1) is 10.7 Å². The first-order valence-electron chi connectivity index (χ1n) is 7.34. The lowest BCUT2D eigenvalue weighted by Gasteiger charge is -2.36. The molecule has 0 saturated carbocycles. The fraction of sp³-hybridized carbons (Fsp3) is 0.714. The number of carbonyl (C=O) groups excluding carboxylic acids is 1. The molecule has 2 unspecified atom stereocenters. The highest BCUT2D eigenvalue weighted by Crippen LogP contribution is 2.34. The maximum Gasteiger partial charge on any atom is 0.270 e. The molecule has 2 fully saturated rings. The largest absolute Gasteiger partial charge is 0.348 e. The van der Waals surface area contributed by atoms with Crippen molar-refractivity contribution in [2.45, 2.75) is 57.3 Å². The molecule has 0 aromatic carbocycles. The van der Waals surface area contributed by atoms with Crippen LogP contribution in [0.25, 0.3) is 0 Å². The third kappa shape index (κ3) is 2.39. The number of piperidine rings is 1. The number of nitrogens with zero attached hydrogens (tertiary/aromatic N) is 3. The van der Waals surface area contributed by atoms with Crippen LogP contribution in [0.3, 0.4) is 0 Å². The summed E-state index contributed by atoms with van der Waals surface area (Å²) < 4.78 is 2.51. The maximum absolute atomic E-state index is 12.5. The number of amides is 1. The molecule has 6 heteroatoms. The molecule has 5 nitrogen and oxygen atoms in total. The first-order chi connectivity index (χ1) is 9.60. The van der Waals surface area contributed by atoms with Crippen LogP contribution < -0.4 is 5.32 Å². The fourth-order valence-electron chi connectivity index (χ4n) is 3.61. The third-order valence-corrected chi connectivity index (χ3v) is 5.32. The molecule has 0 radical (unpaired) electrons. The van der Waals surface area contributed by atoms with Gasteiger partial charge >= 0.3 is 0 Å². The first-order valence-corrected chi connectivity index (χ1v) is 8.13. The van der Waals surface area contributed by atoms with Crippen LogP contribution in [0.5, 0.6) is 0 Å². The smallest absolute Gasteiger partial charge is 0.270 e. The molecule has 1 amide bonds. The average molecular weight is 341 g/mol. The summed E-state index contributed by atoms with van der Waals surface area (Å²) in [5.41, 5.74) is 0.638. The molecule has 3 heterocycles. The van der Waals surface area contributed by atoms with Gasteiger partial charge in [0.1, 0.15) is 5.69 Å². The molecule has 2 saturated heterocycles. The number of halogens is 1. The first kappa shape index (κ1) is 14.1. The minimum atomic E-state index is -0.00909. The number of carbonyl (C=O) groups is 1. The van der Waals surface area contributed by atoms with Crippen molar-refractivity contribution in [1.29, 1.82) is 0 Å². The Balaban J connectivity index is 1.69. The Bertz CT molecular complexity index is 501. The van der Waals surface area contributed by atoms with Gasteiger partial charge in [-0.25, -0.2) is 0 Å². The van der Waals surface area contributed by atoms with Crippen LogP contribution in [0.15, 0.2) is 10.7 Å². The summed E-state index contributed by atoms with van der Waals surface area (Å²) in [4.78, 5) is 15.0. The van der Waals surface area contributed by atoms with Crippen molar-refractivity contribution >= 4 is 21.8 Å². The van der Waals surface area contributed by atoms with E-state index in [1.807, 2.05) is 6.92 Å². The highest BCUT2D eigenvalue weighted by molar-refractivity contribution is 9.10. The van der Waals surface area contributed by atoms with Gasteiger partial charge in [0, 0.05) is 24.7 Å². The molecule has 20 heavy (non-hydrogen) atoms. The van der Waals surface area contributed by atoms with E-state index < -0.39 is 0 Å². The number of nitrogens with one attached hydrogen (secondary N) is 1. The van der Waals surface area contributed by atoms with E-state index in [9.17, 15) is 4.79 Å². The third-order valence-electron chi connectivity index (χ3n) is 4.74. The van der Waals surface area contributed by atoms with Gasteiger partial charge in [0.2, 0.25) is 0 Å². The van der Waals surface area contributed by atoms with Crippen molar-refractivity contribution in [3.05, 3.63) is 16.4 Å². The van der Waals surface area contributed by atoms with Crippen LogP contribution >= 0.6 is 15.9 Å². The van der Waals surface area contributed by atoms with Crippen LogP contribution in [-0.2, 0) is 6.54 Å². The lowest BCUT2D eigenvalue weighted by molar-refractivity contribution is 0.0871. The topological polar surface area (TPSA) is 50.2 Å². The van der Waals surface area contributed by atoms with Crippen molar-refractivity contribution in [1.82, 2.24) is 20.0 Å². The number of aromatic nitrogens is 2. The molecule has 1 aromatic heterocycles. The normalized spacial score (nSPS) is 29.6. The van der Waals surface area contributed by atoms with Crippen molar-refractivity contribution in [2.75, 3.05) is 7.05 Å². The summed E-state index contributed by atoms with van der Waals surface area (Å²) in [6, 6.07) is 1.57. The Morgan fingerprint density at radius 1 is 1.45 bits per heavy atom. The van der Waals surface area contributed by atoms with Gasteiger partial charge < -0.3 is 10.2 Å². The summed E-state index contributed by atoms with van der Waals surface area (Å²) >= 11 is 3.42. The Morgan fingerprint density at radius 3 is 2.70 bits per heavy atom. The zero-order chi connectivity index (χ0) is 14.3. The second-order valence-electron chi connectivity index (χ2n) is 5.85. The molecule has 3 rings (SSSR count). The van der Waals surface area contributed by atoms with Crippen molar-refractivity contribution in [3.8, 4) is 0 Å². The molecule has 2 aliphatic rings. The van der Waals surface area contributed by atoms with Crippen LogP contribution in [0.1, 0.15) is 43.1 Å². The molecular formula is C14H21BrN4O. The molecule has 1 N–H and O–H groups in total. The molecule has 0 aliphatic carbocycles. The summed E-state index contributed by atoms with van der Waals surface area (Å²) in [6.07, 6.45) is 6.36. The summed E-state index contributed by atoms with van der Waals surface area (Å²) in [7, 11) is 2.21. The Labute approximate surface area is 127 Å². The van der Waals surface area contributed by atoms with Crippen LogP contribution in [0.2, 0.25) is 0 Å². The molecule has 0 spiro atoms. The fourth-order valence-corrected chi connectivity index (χ4v) is 4.09. The van der Waals surface area contributed by atoms with E-state index in [0.717, 1.165) is 17.3 Å². The lowest BCUT2D eigenvalue weighted by Crippen LogP contribution is -2.49. The van der Waals surface area contributed by atoms with E-state index in [1.165, 1.54) is 12.8 Å². The predicted octanol–water partition coefficient (Wildman–Crippen LogP) is 2.02. The van der Waals surface area contributed by atoms with E-state index in [0.29, 0.717) is 30.4 Å². The SMILES string of the molecule is CCn1ncc(Br)c1C(=O)NC1CC2CCC(C1)N2C. The second-order valence-corrected chi connectivity index (χ2v) is 6.70. The van der Waals surface area contributed by atoms with Gasteiger partial charge in [-0.1, -0.05) is 0 Å². The summed E-state index contributed by atoms with van der Waals surface area (Å²) in [5, 5.41) is 7.41. The van der Waals surface area contributed by atoms with Gasteiger partial charge in [-0.2, -0.15) is 5.10 Å². The second kappa shape index (κ2) is 5.48. The minimum absolute atomic E-state index is 0.00909. The molecule has 2 aliphatic heterocycles. The van der Waals surface area contributed by atoms with Crippen LogP contribution in [0.4, 0.5) is 0 Å². The van der Waals surface area contributed by atoms with Crippen molar-refractivity contribution < 1.29 is 4.79 Å². The molecule has 1 aromatic rings. The van der Waals surface area contributed by atoms with Crippen molar-refractivity contribution in [2.24, 2.45) is 0 Å². The molecule has 110 valence electrons. The van der Waals surface area contributed by atoms with E-state index in [-0.39, 0.29) is 5.91 Å². The minimum Gasteiger partial charge on any atom is -0.348 e. The van der Waals surface area contributed by atoms with Gasteiger partial charge in [0.15, 0.2) is 0 Å². The Morgan fingerprint density at radius 2 is 2.10 bits per heavy atom. The van der Waals surface area contributed by atoms with Gasteiger partial charge in [-0.05, 0) is 55.6 Å². The Kier molecular flexibility index (Phi) is 3.86. The lowest BCUT2D eigenvalue weighted by atomic mass is 9.98. The van der Waals surface area contributed by atoms with E-state index in [2.05, 4.69) is 38.3 Å². The summed E-state index contributed by atoms with van der Waals surface area (Å²) in [6.45, 7) is 2.69. The van der Waals surface area contributed by atoms with Crippen LogP contribution in [0, 0.1) is 0 Å². The number of hydrogen-bond donors (Lipinski definition) is 1. The number of hydrogen-bond acceptors (Lipinski definition) is 3. The maximum atomic E-state index is 12.5.